The molecule has 1 atom stereocenters. The minimum Gasteiger partial charge on any atom is -0.481 e. The van der Waals surface area contributed by atoms with Gasteiger partial charge in [-0.15, -0.1) is 0 Å². The number of carbonyl (C=O) groups excluding carboxylic acids is 2. The summed E-state index contributed by atoms with van der Waals surface area (Å²) in [5.41, 5.74) is 3.22. The molecule has 0 spiro atoms. The number of thioether (sulfide) groups is 1. The fourth-order valence-corrected chi connectivity index (χ4v) is 5.67. The predicted octanol–water partition coefficient (Wildman–Crippen LogP) is 5.90. The van der Waals surface area contributed by atoms with Gasteiger partial charge in [-0.05, 0) is 66.4 Å². The molecule has 1 aliphatic heterocycles. The molecule has 238 valence electrons. The lowest BCUT2D eigenvalue weighted by molar-refractivity contribution is -0.142. The fraction of sp³-hybridized carbons (Fsp3) is 0.290. The summed E-state index contributed by atoms with van der Waals surface area (Å²) in [5, 5.41) is 24.6. The van der Waals surface area contributed by atoms with Gasteiger partial charge in [0.25, 0.3) is 11.8 Å². The van der Waals surface area contributed by atoms with Gasteiger partial charge in [0.15, 0.2) is 0 Å². The van der Waals surface area contributed by atoms with E-state index >= 15 is 0 Å². The maximum absolute atomic E-state index is 13.3. The second-order valence-corrected chi connectivity index (χ2v) is 11.7. The predicted molar refractivity (Wildman–Crippen MR) is 168 cm³/mol. The molecule has 0 bridgehead atoms. The maximum Gasteiger partial charge on any atom is 0.417 e. The number of carbonyl (C=O) groups is 3. The van der Waals surface area contributed by atoms with Crippen LogP contribution in [0.1, 0.15) is 50.2 Å². The van der Waals surface area contributed by atoms with E-state index in [4.69, 9.17) is 16.7 Å². The number of piperidine rings is 1. The third-order valence-electron chi connectivity index (χ3n) is 7.00. The number of hydrazone groups is 1. The standard InChI is InChI=1S/C31H30ClF3N4O5S/c32-26-8-6-19(14-25(26)31(33,34)35)16-36-38-29(42)24-15-23(39-10-2-5-22(17-39)30(43)44)7-9-27(24)37-28(41)21-4-1-3-20(13-21)18-45-12-11-40/h1,3-4,6-9,13-16,22,40H,2,5,10-12,17-18H2,(H,37,41)(H,38,42)(H,43,44)/b36-16+. The van der Waals surface area contributed by atoms with Crippen molar-refractivity contribution in [2.45, 2.75) is 24.8 Å². The number of hydrogen-bond donors (Lipinski definition) is 4. The zero-order chi connectivity index (χ0) is 32.6. The van der Waals surface area contributed by atoms with E-state index in [0.29, 0.717) is 42.1 Å². The van der Waals surface area contributed by atoms with Crippen LogP contribution in [0.5, 0.6) is 0 Å². The lowest BCUT2D eigenvalue weighted by atomic mass is 9.97. The second kappa shape index (κ2) is 15.3. The molecule has 0 saturated carbocycles. The van der Waals surface area contributed by atoms with Gasteiger partial charge in [0.05, 0.1) is 40.6 Å². The molecule has 4 N–H and O–H groups in total. The van der Waals surface area contributed by atoms with E-state index in [1.54, 1.807) is 24.3 Å². The van der Waals surface area contributed by atoms with E-state index < -0.39 is 40.5 Å². The number of carboxylic acids is 1. The van der Waals surface area contributed by atoms with Crippen molar-refractivity contribution in [3.63, 3.8) is 0 Å². The van der Waals surface area contributed by atoms with Crippen molar-refractivity contribution in [2.24, 2.45) is 11.0 Å². The summed E-state index contributed by atoms with van der Waals surface area (Å²) in [6.45, 7) is 0.839. The molecule has 0 aliphatic carbocycles. The van der Waals surface area contributed by atoms with Crippen molar-refractivity contribution in [1.29, 1.82) is 0 Å². The molecular weight excluding hydrogens is 633 g/mol. The smallest absolute Gasteiger partial charge is 0.417 e. The summed E-state index contributed by atoms with van der Waals surface area (Å²) in [6.07, 6.45) is -2.48. The number of aliphatic hydroxyl groups excluding tert-OH is 1. The summed E-state index contributed by atoms with van der Waals surface area (Å²) in [5.74, 6) is -1.59. The van der Waals surface area contributed by atoms with Gasteiger partial charge in [-0.1, -0.05) is 29.8 Å². The normalized spacial score (nSPS) is 15.2. The molecule has 3 aromatic carbocycles. The highest BCUT2D eigenvalue weighted by Gasteiger charge is 2.33. The molecule has 1 aliphatic rings. The first-order valence-electron chi connectivity index (χ1n) is 13.9. The van der Waals surface area contributed by atoms with Crippen LogP contribution in [-0.4, -0.2) is 59.7 Å². The maximum atomic E-state index is 13.3. The van der Waals surface area contributed by atoms with E-state index in [-0.39, 0.29) is 30.0 Å². The van der Waals surface area contributed by atoms with Crippen molar-refractivity contribution in [2.75, 3.05) is 35.7 Å². The molecule has 4 rings (SSSR count). The van der Waals surface area contributed by atoms with E-state index in [1.165, 1.54) is 30.0 Å². The van der Waals surface area contributed by atoms with E-state index in [2.05, 4.69) is 15.8 Å². The lowest BCUT2D eigenvalue weighted by Gasteiger charge is -2.33. The first-order valence-corrected chi connectivity index (χ1v) is 15.4. The summed E-state index contributed by atoms with van der Waals surface area (Å²) in [6, 6.07) is 14.8. The van der Waals surface area contributed by atoms with E-state index in [1.807, 2.05) is 11.0 Å². The van der Waals surface area contributed by atoms with Crippen LogP contribution in [0.3, 0.4) is 0 Å². The van der Waals surface area contributed by atoms with Gasteiger partial charge >= 0.3 is 12.1 Å². The second-order valence-electron chi connectivity index (χ2n) is 10.2. The summed E-state index contributed by atoms with van der Waals surface area (Å²) < 4.78 is 39.7. The van der Waals surface area contributed by atoms with Gasteiger partial charge in [-0.25, -0.2) is 5.43 Å². The molecule has 14 heteroatoms. The van der Waals surface area contributed by atoms with E-state index in [9.17, 15) is 32.7 Å². The highest BCUT2D eigenvalue weighted by Crippen LogP contribution is 2.35. The minimum atomic E-state index is -4.68. The van der Waals surface area contributed by atoms with Crippen LogP contribution in [0.2, 0.25) is 5.02 Å². The molecule has 9 nitrogen and oxygen atoms in total. The van der Waals surface area contributed by atoms with Crippen LogP contribution in [-0.2, 0) is 16.7 Å². The SMILES string of the molecule is O=C(Nc1ccc(N2CCCC(C(=O)O)C2)cc1C(=O)N/N=C/c1ccc(Cl)c(C(F)(F)F)c1)c1cccc(CSCCO)c1. The monoisotopic (exact) mass is 662 g/mol. The van der Waals surface area contributed by atoms with Gasteiger partial charge in [0, 0.05) is 35.8 Å². The summed E-state index contributed by atoms with van der Waals surface area (Å²) >= 11 is 7.19. The number of halogens is 4. The Balaban J connectivity index is 1.59. The zero-order valence-electron chi connectivity index (χ0n) is 23.8. The van der Waals surface area contributed by atoms with Crippen molar-refractivity contribution in [3.05, 3.63) is 93.5 Å². The number of hydrogen-bond acceptors (Lipinski definition) is 7. The molecule has 1 fully saturated rings. The number of amides is 2. The van der Waals surface area contributed by atoms with Crippen LogP contribution in [0.15, 0.2) is 65.8 Å². The van der Waals surface area contributed by atoms with Gasteiger partial charge < -0.3 is 20.4 Å². The fourth-order valence-electron chi connectivity index (χ4n) is 4.76. The van der Waals surface area contributed by atoms with Crippen LogP contribution in [0.25, 0.3) is 0 Å². The quantitative estimate of drug-likeness (QED) is 0.114. The van der Waals surface area contributed by atoms with Crippen molar-refractivity contribution in [3.8, 4) is 0 Å². The number of nitrogens with zero attached hydrogens (tertiary/aromatic N) is 2. The van der Waals surface area contributed by atoms with Crippen LogP contribution in [0, 0.1) is 5.92 Å². The zero-order valence-corrected chi connectivity index (χ0v) is 25.4. The molecule has 1 heterocycles. The largest absolute Gasteiger partial charge is 0.481 e. The number of nitrogens with one attached hydrogen (secondary N) is 2. The number of rotatable bonds is 11. The molecule has 1 saturated heterocycles. The first-order chi connectivity index (χ1) is 21.5. The number of aliphatic carboxylic acids is 1. The number of carboxylic acid groups (broad SMARTS) is 1. The third kappa shape index (κ3) is 9.22. The Hall–Kier alpha value is -4.07. The molecule has 1 unspecified atom stereocenters. The number of anilines is 2. The van der Waals surface area contributed by atoms with Gasteiger partial charge in [-0.2, -0.15) is 30.0 Å². The van der Waals surface area contributed by atoms with Crippen LogP contribution in [0.4, 0.5) is 24.5 Å². The highest BCUT2D eigenvalue weighted by atomic mass is 35.5. The topological polar surface area (TPSA) is 131 Å². The minimum absolute atomic E-state index is 0.0113. The lowest BCUT2D eigenvalue weighted by Crippen LogP contribution is -2.38. The molecule has 2 amide bonds. The molecule has 0 radical (unpaired) electrons. The summed E-state index contributed by atoms with van der Waals surface area (Å²) in [7, 11) is 0. The van der Waals surface area contributed by atoms with Gasteiger partial charge in [-0.3, -0.25) is 14.4 Å². The Morgan fingerprint density at radius 3 is 2.62 bits per heavy atom. The third-order valence-corrected chi connectivity index (χ3v) is 8.34. The average Bonchev–Trinajstić information content (AvgIpc) is 3.01. The molecule has 3 aromatic rings. The Bertz CT molecular complexity index is 1590. The van der Waals surface area contributed by atoms with Crippen molar-refractivity contribution >= 4 is 58.7 Å². The average molecular weight is 663 g/mol. The Labute approximate surface area is 266 Å². The van der Waals surface area contributed by atoms with Gasteiger partial charge in [0.1, 0.15) is 0 Å². The number of benzene rings is 3. The summed E-state index contributed by atoms with van der Waals surface area (Å²) in [4.78, 5) is 40.0. The number of alkyl halides is 3. The Morgan fingerprint density at radius 1 is 1.09 bits per heavy atom. The first kappa shape index (κ1) is 33.8. The molecule has 45 heavy (non-hydrogen) atoms. The Kier molecular flexibility index (Phi) is 11.5. The molecular formula is C31H30ClF3N4O5S. The van der Waals surface area contributed by atoms with Crippen molar-refractivity contribution < 1.29 is 37.8 Å². The van der Waals surface area contributed by atoms with Crippen LogP contribution >= 0.6 is 23.4 Å². The van der Waals surface area contributed by atoms with E-state index in [0.717, 1.165) is 23.9 Å². The number of aliphatic hydroxyl groups is 1. The molecule has 0 aromatic heterocycles. The Morgan fingerprint density at radius 2 is 1.89 bits per heavy atom. The highest BCUT2D eigenvalue weighted by molar-refractivity contribution is 7.98. The van der Waals surface area contributed by atoms with Crippen LogP contribution < -0.4 is 15.6 Å². The van der Waals surface area contributed by atoms with Crippen molar-refractivity contribution in [1.82, 2.24) is 5.43 Å². The van der Waals surface area contributed by atoms with Gasteiger partial charge in [0.2, 0.25) is 0 Å².